The lowest BCUT2D eigenvalue weighted by Gasteiger charge is -2.22. The van der Waals surface area contributed by atoms with Crippen LogP contribution in [-0.2, 0) is 21.9 Å². The van der Waals surface area contributed by atoms with Crippen LogP contribution in [0.25, 0.3) is 0 Å². The fourth-order valence-electron chi connectivity index (χ4n) is 3.02. The second-order valence-electron chi connectivity index (χ2n) is 6.09. The van der Waals surface area contributed by atoms with Crippen molar-refractivity contribution in [2.24, 2.45) is 7.05 Å². The molecule has 2 rings (SSSR count). The van der Waals surface area contributed by atoms with Crippen LogP contribution in [-0.4, -0.2) is 59.5 Å². The molecule has 2 heterocycles. The van der Waals surface area contributed by atoms with Crippen molar-refractivity contribution in [3.63, 3.8) is 0 Å². The zero-order valence-electron chi connectivity index (χ0n) is 14.7. The van der Waals surface area contributed by atoms with Gasteiger partial charge in [0.15, 0.2) is 0 Å². The number of amides is 1. The van der Waals surface area contributed by atoms with E-state index < -0.39 is 10.0 Å². The van der Waals surface area contributed by atoms with Crippen LogP contribution in [0.2, 0.25) is 0 Å². The van der Waals surface area contributed by atoms with E-state index >= 15 is 0 Å². The minimum Gasteiger partial charge on any atom is -0.341 e. The molecule has 0 unspecified atom stereocenters. The van der Waals surface area contributed by atoms with Crippen molar-refractivity contribution in [1.82, 2.24) is 19.0 Å². The molecule has 1 fully saturated rings. The molecule has 0 aromatic carbocycles. The van der Waals surface area contributed by atoms with Crippen LogP contribution < -0.4 is 0 Å². The summed E-state index contributed by atoms with van der Waals surface area (Å²) in [7, 11) is -1.86. The maximum atomic E-state index is 13.0. The Labute approximate surface area is 144 Å². The summed E-state index contributed by atoms with van der Waals surface area (Å²) in [6.45, 7) is 8.85. The Morgan fingerprint density at radius 3 is 2.54 bits per heavy atom. The second-order valence-corrected chi connectivity index (χ2v) is 7.96. The number of carbonyl (C=O) groups excluding carboxylic acids is 1. The number of aromatic nitrogens is 2. The van der Waals surface area contributed by atoms with E-state index in [0.29, 0.717) is 56.8 Å². The van der Waals surface area contributed by atoms with Crippen LogP contribution in [0.3, 0.4) is 0 Å². The van der Waals surface area contributed by atoms with Crippen molar-refractivity contribution in [3.8, 4) is 0 Å². The minimum atomic E-state index is -3.60. The highest BCUT2D eigenvalue weighted by atomic mass is 32.2. The summed E-state index contributed by atoms with van der Waals surface area (Å²) < 4.78 is 29.1. The van der Waals surface area contributed by atoms with Crippen LogP contribution in [0.4, 0.5) is 0 Å². The minimum absolute atomic E-state index is 0.0582. The van der Waals surface area contributed by atoms with Gasteiger partial charge in [-0.2, -0.15) is 9.40 Å². The molecule has 0 N–H and O–H groups in total. The van der Waals surface area contributed by atoms with Gasteiger partial charge in [0.2, 0.25) is 15.9 Å². The Hall–Kier alpha value is -1.67. The molecule has 1 aliphatic rings. The van der Waals surface area contributed by atoms with Crippen molar-refractivity contribution < 1.29 is 13.2 Å². The highest BCUT2D eigenvalue weighted by molar-refractivity contribution is 7.89. The van der Waals surface area contributed by atoms with E-state index in [2.05, 4.69) is 11.7 Å². The Balaban J connectivity index is 2.15. The third-order valence-corrected chi connectivity index (χ3v) is 6.56. The quantitative estimate of drug-likeness (QED) is 0.745. The summed E-state index contributed by atoms with van der Waals surface area (Å²) in [6, 6.07) is 0. The molecule has 134 valence electrons. The van der Waals surface area contributed by atoms with Crippen molar-refractivity contribution in [2.75, 3.05) is 26.2 Å². The molecule has 1 aromatic heterocycles. The van der Waals surface area contributed by atoms with Gasteiger partial charge in [-0.05, 0) is 26.7 Å². The number of carbonyl (C=O) groups is 1. The molecule has 0 spiro atoms. The van der Waals surface area contributed by atoms with Crippen molar-refractivity contribution >= 4 is 15.9 Å². The number of allylic oxidation sites excluding steroid dienone is 1. The zero-order valence-corrected chi connectivity index (χ0v) is 15.5. The van der Waals surface area contributed by atoms with Crippen LogP contribution in [0.1, 0.15) is 30.7 Å². The van der Waals surface area contributed by atoms with Gasteiger partial charge in [0.1, 0.15) is 4.90 Å². The third-order valence-electron chi connectivity index (χ3n) is 4.41. The van der Waals surface area contributed by atoms with Gasteiger partial charge in [-0.3, -0.25) is 9.48 Å². The van der Waals surface area contributed by atoms with Gasteiger partial charge in [-0.25, -0.2) is 8.42 Å². The normalized spacial score (nSPS) is 16.9. The number of hydrogen-bond acceptors (Lipinski definition) is 4. The molecule has 1 saturated heterocycles. The predicted molar refractivity (Wildman–Crippen MR) is 92.1 cm³/mol. The number of rotatable bonds is 5. The van der Waals surface area contributed by atoms with E-state index in [4.69, 9.17) is 0 Å². The van der Waals surface area contributed by atoms with E-state index in [9.17, 15) is 13.2 Å². The lowest BCUT2D eigenvalue weighted by molar-refractivity contribution is -0.130. The molecule has 0 bridgehead atoms. The lowest BCUT2D eigenvalue weighted by atomic mass is 10.2. The fraction of sp³-hybridized carbons (Fsp3) is 0.625. The van der Waals surface area contributed by atoms with Crippen molar-refractivity contribution in [3.05, 3.63) is 24.0 Å². The number of hydrogen-bond donors (Lipinski definition) is 0. The molecular formula is C16H26N4O3S. The maximum absolute atomic E-state index is 13.0. The standard InChI is InChI=1S/C16H26N4O3S/c1-5-6-8-15(21)19-9-7-10-20(12-11-19)24(22,23)16-13(2)17-18(4)14(16)3/h5H,1,6-12H2,2-4H3. The average Bonchev–Trinajstić information content (AvgIpc) is 2.72. The van der Waals surface area contributed by atoms with Crippen molar-refractivity contribution in [2.45, 2.75) is 38.0 Å². The maximum Gasteiger partial charge on any atom is 0.246 e. The van der Waals surface area contributed by atoms with Gasteiger partial charge in [0, 0.05) is 39.6 Å². The summed E-state index contributed by atoms with van der Waals surface area (Å²) in [5, 5.41) is 4.21. The molecule has 1 aromatic rings. The summed E-state index contributed by atoms with van der Waals surface area (Å²) >= 11 is 0. The van der Waals surface area contributed by atoms with Crippen LogP contribution in [0.15, 0.2) is 17.6 Å². The largest absolute Gasteiger partial charge is 0.341 e. The van der Waals surface area contributed by atoms with E-state index in [0.717, 1.165) is 0 Å². The van der Waals surface area contributed by atoms with E-state index in [1.807, 2.05) is 0 Å². The van der Waals surface area contributed by atoms with E-state index in [1.165, 1.54) is 4.31 Å². The molecule has 0 saturated carbocycles. The molecule has 0 atom stereocenters. The first-order valence-corrected chi connectivity index (χ1v) is 9.62. The molecule has 24 heavy (non-hydrogen) atoms. The Morgan fingerprint density at radius 2 is 1.96 bits per heavy atom. The fourth-order valence-corrected chi connectivity index (χ4v) is 4.89. The van der Waals surface area contributed by atoms with E-state index in [-0.39, 0.29) is 10.8 Å². The van der Waals surface area contributed by atoms with Gasteiger partial charge >= 0.3 is 0 Å². The molecule has 0 aliphatic carbocycles. The zero-order chi connectivity index (χ0) is 17.9. The summed E-state index contributed by atoms with van der Waals surface area (Å²) in [4.78, 5) is 14.2. The topological polar surface area (TPSA) is 75.5 Å². The smallest absolute Gasteiger partial charge is 0.246 e. The lowest BCUT2D eigenvalue weighted by Crippen LogP contribution is -2.37. The first kappa shape index (κ1) is 18.7. The molecule has 0 radical (unpaired) electrons. The highest BCUT2D eigenvalue weighted by Crippen LogP contribution is 2.24. The SMILES string of the molecule is C=CCCC(=O)N1CCCN(S(=O)(=O)c2c(C)nn(C)c2C)CC1. The van der Waals surface area contributed by atoms with Crippen molar-refractivity contribution in [1.29, 1.82) is 0 Å². The number of nitrogens with zero attached hydrogens (tertiary/aromatic N) is 4. The van der Waals surface area contributed by atoms with Gasteiger partial charge < -0.3 is 4.90 Å². The first-order valence-electron chi connectivity index (χ1n) is 8.18. The molecule has 7 nitrogen and oxygen atoms in total. The second kappa shape index (κ2) is 7.48. The highest BCUT2D eigenvalue weighted by Gasteiger charge is 2.32. The van der Waals surface area contributed by atoms with Gasteiger partial charge in [0.25, 0.3) is 0 Å². The molecule has 8 heteroatoms. The third kappa shape index (κ3) is 3.70. The van der Waals surface area contributed by atoms with Crippen LogP contribution >= 0.6 is 0 Å². The molecule has 1 amide bonds. The van der Waals surface area contributed by atoms with Gasteiger partial charge in [0.05, 0.1) is 11.4 Å². The summed E-state index contributed by atoms with van der Waals surface area (Å²) in [6.07, 6.45) is 3.43. The van der Waals surface area contributed by atoms with Crippen LogP contribution in [0, 0.1) is 13.8 Å². The molecular weight excluding hydrogens is 328 g/mol. The first-order chi connectivity index (χ1) is 11.3. The Bertz CT molecular complexity index is 724. The van der Waals surface area contributed by atoms with E-state index in [1.54, 1.807) is 36.6 Å². The van der Waals surface area contributed by atoms with Gasteiger partial charge in [-0.15, -0.1) is 6.58 Å². The summed E-state index contributed by atoms with van der Waals surface area (Å²) in [5.74, 6) is 0.0582. The summed E-state index contributed by atoms with van der Waals surface area (Å²) in [5.41, 5.74) is 1.15. The van der Waals surface area contributed by atoms with Crippen LogP contribution in [0.5, 0.6) is 0 Å². The van der Waals surface area contributed by atoms with Gasteiger partial charge in [-0.1, -0.05) is 6.08 Å². The number of sulfonamides is 1. The average molecular weight is 354 g/mol. The Morgan fingerprint density at radius 1 is 1.25 bits per heavy atom. The molecule has 1 aliphatic heterocycles. The monoisotopic (exact) mass is 354 g/mol. The number of aryl methyl sites for hydroxylation is 2. The predicted octanol–water partition coefficient (Wildman–Crippen LogP) is 1.23. The Kier molecular flexibility index (Phi) is 5.82.